The largest absolute Gasteiger partial charge is 0.334 e. The van der Waals surface area contributed by atoms with E-state index in [1.807, 2.05) is 24.4 Å². The lowest BCUT2D eigenvalue weighted by Crippen LogP contribution is -2.30. The Kier molecular flexibility index (Phi) is 4.85. The van der Waals surface area contributed by atoms with E-state index in [0.29, 0.717) is 5.56 Å². The van der Waals surface area contributed by atoms with Gasteiger partial charge in [-0.1, -0.05) is 18.2 Å². The molecule has 1 saturated heterocycles. The molecule has 2 aromatic rings. The molecule has 0 bridgehead atoms. The summed E-state index contributed by atoms with van der Waals surface area (Å²) < 4.78 is 0. The Balaban J connectivity index is 1.68. The van der Waals surface area contributed by atoms with Crippen molar-refractivity contribution in [2.45, 2.75) is 19.5 Å². The number of benzene rings is 1. The minimum absolute atomic E-state index is 0.00176. The smallest absolute Gasteiger partial charge is 0.324 e. The molecule has 0 spiro atoms. The van der Waals surface area contributed by atoms with Crippen molar-refractivity contribution < 1.29 is 14.4 Å². The van der Waals surface area contributed by atoms with Gasteiger partial charge in [-0.3, -0.25) is 14.5 Å². The van der Waals surface area contributed by atoms with Crippen molar-refractivity contribution in [3.8, 4) is 0 Å². The Bertz CT molecular complexity index is 770. The number of rotatable bonds is 5. The van der Waals surface area contributed by atoms with Crippen molar-refractivity contribution in [1.29, 1.82) is 0 Å². The lowest BCUT2D eigenvalue weighted by atomic mass is 10.1. The molecule has 0 saturated carbocycles. The van der Waals surface area contributed by atoms with Gasteiger partial charge in [-0.15, -0.1) is 11.3 Å². The number of hydrogen-bond acceptors (Lipinski definition) is 4. The van der Waals surface area contributed by atoms with Crippen molar-refractivity contribution in [2.24, 2.45) is 0 Å². The molecule has 4 amide bonds. The van der Waals surface area contributed by atoms with Gasteiger partial charge in [0.25, 0.3) is 5.91 Å². The van der Waals surface area contributed by atoms with E-state index in [0.717, 1.165) is 10.4 Å². The van der Waals surface area contributed by atoms with Crippen LogP contribution in [0.5, 0.6) is 0 Å². The number of imide groups is 1. The summed E-state index contributed by atoms with van der Waals surface area (Å²) in [5.41, 5.74) is 1.38. The quantitative estimate of drug-likeness (QED) is 0.837. The van der Waals surface area contributed by atoms with Crippen LogP contribution in [0.15, 0.2) is 41.8 Å². The highest BCUT2D eigenvalue weighted by Crippen LogP contribution is 2.24. The first-order chi connectivity index (χ1) is 12.0. The molecule has 0 radical (unpaired) electrons. The molecule has 1 aromatic carbocycles. The maximum Gasteiger partial charge on any atom is 0.324 e. The van der Waals surface area contributed by atoms with Crippen molar-refractivity contribution in [3.63, 3.8) is 0 Å². The molecule has 1 atom stereocenters. The third kappa shape index (κ3) is 3.56. The highest BCUT2D eigenvalue weighted by Gasteiger charge is 2.28. The molecular formula is C18H19N3O3S. The number of urea groups is 1. The fourth-order valence-corrected chi connectivity index (χ4v) is 3.48. The molecule has 1 fully saturated rings. The number of nitrogens with one attached hydrogen (secondary N) is 1. The van der Waals surface area contributed by atoms with Gasteiger partial charge in [0.2, 0.25) is 5.91 Å². The topological polar surface area (TPSA) is 69.7 Å². The Morgan fingerprint density at radius 1 is 1.28 bits per heavy atom. The molecule has 0 aliphatic carbocycles. The van der Waals surface area contributed by atoms with Gasteiger partial charge in [0, 0.05) is 17.5 Å². The van der Waals surface area contributed by atoms with Gasteiger partial charge in [-0.2, -0.15) is 0 Å². The molecule has 2 heterocycles. The normalized spacial score (nSPS) is 15.2. The van der Waals surface area contributed by atoms with Crippen molar-refractivity contribution in [1.82, 2.24) is 15.1 Å². The third-order valence-corrected chi connectivity index (χ3v) is 5.38. The Morgan fingerprint density at radius 2 is 2.00 bits per heavy atom. The van der Waals surface area contributed by atoms with E-state index in [2.05, 4.69) is 5.32 Å². The van der Waals surface area contributed by atoms with Crippen LogP contribution in [0.25, 0.3) is 0 Å². The number of nitrogens with zero attached hydrogens (tertiary/aromatic N) is 2. The van der Waals surface area contributed by atoms with Crippen LogP contribution in [0.4, 0.5) is 4.79 Å². The van der Waals surface area contributed by atoms with Gasteiger partial charge in [0.15, 0.2) is 0 Å². The Hall–Kier alpha value is -2.67. The van der Waals surface area contributed by atoms with Gasteiger partial charge in [-0.05, 0) is 36.1 Å². The van der Waals surface area contributed by atoms with E-state index in [9.17, 15) is 14.4 Å². The lowest BCUT2D eigenvalue weighted by Gasteiger charge is -2.24. The van der Waals surface area contributed by atoms with Gasteiger partial charge in [0.05, 0.1) is 19.1 Å². The number of carbonyl (C=O) groups is 3. The molecule has 130 valence electrons. The van der Waals surface area contributed by atoms with Crippen LogP contribution in [-0.4, -0.2) is 41.2 Å². The zero-order chi connectivity index (χ0) is 18.0. The van der Waals surface area contributed by atoms with Gasteiger partial charge in [-0.25, -0.2) is 4.79 Å². The van der Waals surface area contributed by atoms with E-state index in [4.69, 9.17) is 0 Å². The van der Waals surface area contributed by atoms with E-state index in [1.165, 1.54) is 4.90 Å². The zero-order valence-electron chi connectivity index (χ0n) is 14.1. The second-order valence-corrected chi connectivity index (χ2v) is 6.92. The van der Waals surface area contributed by atoms with E-state index in [-0.39, 0.29) is 37.0 Å². The highest BCUT2D eigenvalue weighted by molar-refractivity contribution is 7.10. The van der Waals surface area contributed by atoms with E-state index in [1.54, 1.807) is 47.5 Å². The van der Waals surface area contributed by atoms with Crippen LogP contribution in [0.2, 0.25) is 0 Å². The maximum atomic E-state index is 12.6. The first-order valence-corrected chi connectivity index (χ1v) is 8.83. The first-order valence-electron chi connectivity index (χ1n) is 7.95. The molecule has 1 unspecified atom stereocenters. The second-order valence-electron chi connectivity index (χ2n) is 5.94. The van der Waals surface area contributed by atoms with Crippen molar-refractivity contribution in [2.75, 3.05) is 13.6 Å². The summed E-state index contributed by atoms with van der Waals surface area (Å²) in [7, 11) is 1.79. The lowest BCUT2D eigenvalue weighted by molar-refractivity contribution is -0.125. The van der Waals surface area contributed by atoms with Crippen LogP contribution in [-0.2, 0) is 11.3 Å². The highest BCUT2D eigenvalue weighted by atomic mass is 32.1. The number of hydrogen-bond donors (Lipinski definition) is 1. The predicted molar refractivity (Wildman–Crippen MR) is 95.2 cm³/mol. The first kappa shape index (κ1) is 17.2. The van der Waals surface area contributed by atoms with Crippen molar-refractivity contribution in [3.05, 3.63) is 57.8 Å². The summed E-state index contributed by atoms with van der Waals surface area (Å²) in [6.07, 6.45) is 0. The molecule has 1 aliphatic rings. The SMILES string of the molecule is CC(c1cccs1)N(C)C(=O)c1ccc(CN2C(=O)CNC2=O)cc1. The minimum Gasteiger partial charge on any atom is -0.334 e. The molecule has 6 nitrogen and oxygen atoms in total. The average molecular weight is 357 g/mol. The molecular weight excluding hydrogens is 338 g/mol. The number of thiophene rings is 1. The summed E-state index contributed by atoms with van der Waals surface area (Å²) in [4.78, 5) is 39.8. The Labute approximate surface area is 150 Å². The standard InChI is InChI=1S/C18H19N3O3S/c1-12(15-4-3-9-25-15)20(2)17(23)14-7-5-13(6-8-14)11-21-16(22)10-19-18(21)24/h3-9,12H,10-11H2,1-2H3,(H,19,24). The van der Waals surface area contributed by atoms with Crippen LogP contribution >= 0.6 is 11.3 Å². The molecule has 25 heavy (non-hydrogen) atoms. The fraction of sp³-hybridized carbons (Fsp3) is 0.278. The Morgan fingerprint density at radius 3 is 2.56 bits per heavy atom. The molecule has 1 aliphatic heterocycles. The zero-order valence-corrected chi connectivity index (χ0v) is 14.9. The minimum atomic E-state index is -0.380. The fourth-order valence-electron chi connectivity index (χ4n) is 2.65. The van der Waals surface area contributed by atoms with E-state index >= 15 is 0 Å². The molecule has 1 aromatic heterocycles. The predicted octanol–water partition coefficient (Wildman–Crippen LogP) is 2.63. The van der Waals surface area contributed by atoms with Gasteiger partial charge in [0.1, 0.15) is 0 Å². The molecule has 7 heteroatoms. The maximum absolute atomic E-state index is 12.6. The monoisotopic (exact) mass is 357 g/mol. The average Bonchev–Trinajstić information content (AvgIpc) is 3.26. The number of carbonyl (C=O) groups excluding carboxylic acids is 3. The summed E-state index contributed by atoms with van der Waals surface area (Å²) in [5.74, 6) is -0.308. The summed E-state index contributed by atoms with van der Waals surface area (Å²) in [6.45, 7) is 2.25. The van der Waals surface area contributed by atoms with Crippen LogP contribution in [0.3, 0.4) is 0 Å². The van der Waals surface area contributed by atoms with Gasteiger partial charge >= 0.3 is 6.03 Å². The van der Waals surface area contributed by atoms with Gasteiger partial charge < -0.3 is 10.2 Å². The van der Waals surface area contributed by atoms with Crippen LogP contribution in [0.1, 0.15) is 33.8 Å². The summed E-state index contributed by atoms with van der Waals surface area (Å²) in [5, 5.41) is 4.48. The molecule has 1 N–H and O–H groups in total. The van der Waals surface area contributed by atoms with Crippen LogP contribution < -0.4 is 5.32 Å². The second kappa shape index (κ2) is 7.06. The summed E-state index contributed by atoms with van der Waals surface area (Å²) >= 11 is 1.62. The summed E-state index contributed by atoms with van der Waals surface area (Å²) in [6, 6.07) is 10.6. The van der Waals surface area contributed by atoms with Crippen molar-refractivity contribution >= 4 is 29.2 Å². The molecule has 3 rings (SSSR count). The number of amides is 4. The van der Waals surface area contributed by atoms with E-state index < -0.39 is 0 Å². The third-order valence-electron chi connectivity index (χ3n) is 4.33. The van der Waals surface area contributed by atoms with Crippen LogP contribution in [0, 0.1) is 0 Å².